The summed E-state index contributed by atoms with van der Waals surface area (Å²) in [5, 5.41) is 2.91. The number of benzene rings is 1. The van der Waals surface area contributed by atoms with Gasteiger partial charge in [-0.2, -0.15) is 0 Å². The van der Waals surface area contributed by atoms with E-state index in [4.69, 9.17) is 4.74 Å². The summed E-state index contributed by atoms with van der Waals surface area (Å²) in [4.78, 5) is 18.6. The number of carbonyl (C=O) groups is 1. The lowest BCUT2D eigenvalue weighted by molar-refractivity contribution is -0.121. The molecule has 1 aliphatic rings. The minimum Gasteiger partial charge on any atom is -0.492 e. The first-order valence-corrected chi connectivity index (χ1v) is 7.28. The van der Waals surface area contributed by atoms with E-state index in [-0.39, 0.29) is 11.8 Å². The first kappa shape index (κ1) is 14.4. The Bertz CT molecular complexity index is 668. The summed E-state index contributed by atoms with van der Waals surface area (Å²) in [6.07, 6.45) is 2.37. The van der Waals surface area contributed by atoms with Crippen molar-refractivity contribution in [1.82, 2.24) is 4.98 Å². The van der Waals surface area contributed by atoms with Crippen LogP contribution in [0.2, 0.25) is 0 Å². The predicted molar refractivity (Wildman–Crippen MR) is 86.3 cm³/mol. The van der Waals surface area contributed by atoms with Gasteiger partial charge in [0.05, 0.1) is 17.8 Å². The maximum Gasteiger partial charge on any atom is 0.231 e. The van der Waals surface area contributed by atoms with Gasteiger partial charge in [-0.05, 0) is 30.2 Å². The number of rotatable bonds is 3. The van der Waals surface area contributed by atoms with Crippen LogP contribution >= 0.6 is 0 Å². The molecule has 0 aliphatic carbocycles. The van der Waals surface area contributed by atoms with Crippen molar-refractivity contribution in [2.45, 2.75) is 6.42 Å². The van der Waals surface area contributed by atoms with Crippen LogP contribution < -0.4 is 15.0 Å². The van der Waals surface area contributed by atoms with Gasteiger partial charge in [-0.3, -0.25) is 4.79 Å². The Labute approximate surface area is 129 Å². The molecular formula is C17H19N3O2. The zero-order valence-electron chi connectivity index (χ0n) is 12.7. The number of para-hydroxylation sites is 1. The average molecular weight is 297 g/mol. The summed E-state index contributed by atoms with van der Waals surface area (Å²) < 4.78 is 5.66. The van der Waals surface area contributed by atoms with Gasteiger partial charge in [0, 0.05) is 14.1 Å². The van der Waals surface area contributed by atoms with Crippen LogP contribution in [-0.4, -0.2) is 31.6 Å². The van der Waals surface area contributed by atoms with E-state index in [0.29, 0.717) is 18.7 Å². The molecule has 0 radical (unpaired) electrons. The quantitative estimate of drug-likeness (QED) is 0.945. The molecule has 2 heterocycles. The highest BCUT2D eigenvalue weighted by atomic mass is 16.5. The largest absolute Gasteiger partial charge is 0.492 e. The number of carbonyl (C=O) groups excluding carboxylic acids is 1. The van der Waals surface area contributed by atoms with Gasteiger partial charge in [0.25, 0.3) is 0 Å². The van der Waals surface area contributed by atoms with E-state index in [2.05, 4.69) is 10.3 Å². The highest BCUT2D eigenvalue weighted by Crippen LogP contribution is 2.27. The van der Waals surface area contributed by atoms with Crippen molar-refractivity contribution in [3.05, 3.63) is 48.2 Å². The van der Waals surface area contributed by atoms with Gasteiger partial charge in [-0.25, -0.2) is 4.98 Å². The Hall–Kier alpha value is -2.56. The number of ether oxygens (including phenoxy) is 1. The summed E-state index contributed by atoms with van der Waals surface area (Å²) in [5.41, 5.74) is 1.78. The zero-order chi connectivity index (χ0) is 15.5. The molecule has 22 heavy (non-hydrogen) atoms. The molecular weight excluding hydrogens is 278 g/mol. The number of nitrogens with zero attached hydrogens (tertiary/aromatic N) is 2. The second-order valence-electron chi connectivity index (χ2n) is 5.61. The smallest absolute Gasteiger partial charge is 0.231 e. The van der Waals surface area contributed by atoms with E-state index < -0.39 is 0 Å². The van der Waals surface area contributed by atoms with Crippen LogP contribution in [0.4, 0.5) is 11.5 Å². The topological polar surface area (TPSA) is 54.5 Å². The van der Waals surface area contributed by atoms with Crippen LogP contribution in [0, 0.1) is 5.92 Å². The number of pyridine rings is 1. The molecule has 0 saturated heterocycles. The van der Waals surface area contributed by atoms with Crippen LogP contribution in [-0.2, 0) is 11.2 Å². The second-order valence-corrected chi connectivity index (χ2v) is 5.61. The van der Waals surface area contributed by atoms with E-state index >= 15 is 0 Å². The van der Waals surface area contributed by atoms with Crippen molar-refractivity contribution in [2.75, 3.05) is 30.9 Å². The fourth-order valence-electron chi connectivity index (χ4n) is 2.47. The van der Waals surface area contributed by atoms with Gasteiger partial charge in [0.15, 0.2) is 0 Å². The fourth-order valence-corrected chi connectivity index (χ4v) is 2.47. The monoisotopic (exact) mass is 297 g/mol. The molecule has 1 amide bonds. The summed E-state index contributed by atoms with van der Waals surface area (Å²) in [6.45, 7) is 0.409. The molecule has 114 valence electrons. The number of amides is 1. The number of nitrogens with one attached hydrogen (secondary N) is 1. The van der Waals surface area contributed by atoms with Crippen molar-refractivity contribution in [1.29, 1.82) is 0 Å². The summed E-state index contributed by atoms with van der Waals surface area (Å²) >= 11 is 0. The van der Waals surface area contributed by atoms with E-state index in [9.17, 15) is 4.79 Å². The van der Waals surface area contributed by atoms with E-state index in [1.54, 1.807) is 6.20 Å². The van der Waals surface area contributed by atoms with Gasteiger partial charge in [0.2, 0.25) is 5.91 Å². The molecule has 0 spiro atoms. The summed E-state index contributed by atoms with van der Waals surface area (Å²) in [5.74, 6) is 1.52. The minimum atomic E-state index is -0.177. The molecule has 1 aromatic carbocycles. The molecule has 0 fully saturated rings. The Morgan fingerprint density at radius 2 is 2.09 bits per heavy atom. The van der Waals surface area contributed by atoms with E-state index in [0.717, 1.165) is 17.1 Å². The Kier molecular flexibility index (Phi) is 3.96. The van der Waals surface area contributed by atoms with Crippen molar-refractivity contribution < 1.29 is 9.53 Å². The van der Waals surface area contributed by atoms with Gasteiger partial charge < -0.3 is 15.0 Å². The molecule has 2 aromatic rings. The number of anilines is 2. The molecule has 1 aliphatic heterocycles. The van der Waals surface area contributed by atoms with Crippen LogP contribution in [0.25, 0.3) is 0 Å². The maximum atomic E-state index is 12.4. The maximum absolute atomic E-state index is 12.4. The van der Waals surface area contributed by atoms with Gasteiger partial charge in [0.1, 0.15) is 18.2 Å². The van der Waals surface area contributed by atoms with Crippen molar-refractivity contribution >= 4 is 17.4 Å². The lowest BCUT2D eigenvalue weighted by Crippen LogP contribution is -2.32. The third kappa shape index (κ3) is 3.03. The zero-order valence-corrected chi connectivity index (χ0v) is 12.7. The van der Waals surface area contributed by atoms with E-state index in [1.807, 2.05) is 55.4 Å². The molecule has 0 saturated carbocycles. The van der Waals surface area contributed by atoms with Crippen LogP contribution in [0.3, 0.4) is 0 Å². The minimum absolute atomic E-state index is 0.0334. The van der Waals surface area contributed by atoms with Crippen LogP contribution in [0.15, 0.2) is 42.6 Å². The lowest BCUT2D eigenvalue weighted by Gasteiger charge is -2.24. The predicted octanol–water partition coefficient (Wildman–Crippen LogP) is 2.34. The molecule has 0 unspecified atom stereocenters. The number of hydrogen-bond acceptors (Lipinski definition) is 4. The van der Waals surface area contributed by atoms with Gasteiger partial charge in [-0.15, -0.1) is 0 Å². The normalized spacial score (nSPS) is 16.4. The Morgan fingerprint density at radius 3 is 2.82 bits per heavy atom. The first-order chi connectivity index (χ1) is 10.6. The second kappa shape index (κ2) is 6.05. The number of fused-ring (bicyclic) bond motifs is 1. The van der Waals surface area contributed by atoms with Crippen LogP contribution in [0.1, 0.15) is 5.56 Å². The fraction of sp³-hybridized carbons (Fsp3) is 0.294. The van der Waals surface area contributed by atoms with Gasteiger partial charge in [-0.1, -0.05) is 18.2 Å². The Balaban J connectivity index is 1.65. The van der Waals surface area contributed by atoms with Gasteiger partial charge >= 0.3 is 0 Å². The third-order valence-electron chi connectivity index (χ3n) is 3.72. The molecule has 1 atom stereocenters. The van der Waals surface area contributed by atoms with Crippen molar-refractivity contribution in [3.8, 4) is 5.75 Å². The number of aromatic nitrogens is 1. The molecule has 1 N–H and O–H groups in total. The number of hydrogen-bond donors (Lipinski definition) is 1. The summed E-state index contributed by atoms with van der Waals surface area (Å²) in [6, 6.07) is 11.6. The summed E-state index contributed by atoms with van der Waals surface area (Å²) in [7, 11) is 3.86. The standard InChI is InChI=1S/C17H19N3O2/c1-20(2)16-8-7-14(10-18-16)19-17(21)13-9-12-5-3-4-6-15(12)22-11-13/h3-8,10,13H,9,11H2,1-2H3,(H,19,21)/t13-/m0/s1. The molecule has 5 nitrogen and oxygen atoms in total. The molecule has 5 heteroatoms. The molecule has 1 aromatic heterocycles. The van der Waals surface area contributed by atoms with E-state index in [1.165, 1.54) is 0 Å². The Morgan fingerprint density at radius 1 is 1.27 bits per heavy atom. The first-order valence-electron chi connectivity index (χ1n) is 7.28. The highest BCUT2D eigenvalue weighted by molar-refractivity contribution is 5.93. The highest BCUT2D eigenvalue weighted by Gasteiger charge is 2.25. The van der Waals surface area contributed by atoms with Crippen molar-refractivity contribution in [2.24, 2.45) is 5.92 Å². The third-order valence-corrected chi connectivity index (χ3v) is 3.72. The van der Waals surface area contributed by atoms with Crippen LogP contribution in [0.5, 0.6) is 5.75 Å². The average Bonchev–Trinajstić information content (AvgIpc) is 2.55. The van der Waals surface area contributed by atoms with Crippen molar-refractivity contribution in [3.63, 3.8) is 0 Å². The lowest BCUT2D eigenvalue weighted by atomic mass is 9.96. The SMILES string of the molecule is CN(C)c1ccc(NC(=O)[C@@H]2COc3ccccc3C2)cn1. The molecule has 3 rings (SSSR count). The molecule has 0 bridgehead atoms.